The van der Waals surface area contributed by atoms with Crippen molar-refractivity contribution in [1.82, 2.24) is 20.1 Å². The Balaban J connectivity index is 1.05. The molecule has 2 aromatic heterocycles. The van der Waals surface area contributed by atoms with E-state index in [9.17, 15) is 5.11 Å². The lowest BCUT2D eigenvalue weighted by Crippen LogP contribution is -2.55. The van der Waals surface area contributed by atoms with Crippen LogP contribution < -0.4 is 15.5 Å². The number of morpholine rings is 1. The van der Waals surface area contributed by atoms with Crippen molar-refractivity contribution in [3.05, 3.63) is 54.4 Å². The first kappa shape index (κ1) is 25.1. The third kappa shape index (κ3) is 4.72. The number of phenolic OH excluding ortho intramolecular Hbond substituents is 1. The van der Waals surface area contributed by atoms with E-state index in [1.54, 1.807) is 12.1 Å². The summed E-state index contributed by atoms with van der Waals surface area (Å²) >= 11 is 0. The molecule has 40 heavy (non-hydrogen) atoms. The maximum Gasteiger partial charge on any atom is 0.169 e. The van der Waals surface area contributed by atoms with Crippen LogP contribution in [0.3, 0.4) is 0 Å². The predicted molar refractivity (Wildman–Crippen MR) is 155 cm³/mol. The first-order valence-electron chi connectivity index (χ1n) is 14.3. The number of para-hydroxylation sites is 1. The number of fused-ring (bicyclic) bond motifs is 2. The number of aromatic hydroxyl groups is 1. The van der Waals surface area contributed by atoms with Crippen molar-refractivity contribution in [2.75, 3.05) is 54.9 Å². The number of benzene rings is 1. The van der Waals surface area contributed by atoms with Gasteiger partial charge in [-0.15, -0.1) is 10.2 Å². The molecule has 0 amide bonds. The maximum atomic E-state index is 10.3. The molecule has 1 spiro atoms. The van der Waals surface area contributed by atoms with Gasteiger partial charge in [-0.3, -0.25) is 4.90 Å². The van der Waals surface area contributed by atoms with Crippen molar-refractivity contribution >= 4 is 17.2 Å². The number of nitrogens with two attached hydrogens (primary N) is 1. The summed E-state index contributed by atoms with van der Waals surface area (Å²) < 4.78 is 6.04. The Kier molecular flexibility index (Phi) is 6.45. The minimum Gasteiger partial charge on any atom is -0.507 e. The van der Waals surface area contributed by atoms with Gasteiger partial charge < -0.3 is 25.4 Å². The summed E-state index contributed by atoms with van der Waals surface area (Å²) in [6.45, 7) is 5.19. The van der Waals surface area contributed by atoms with Gasteiger partial charge in [-0.05, 0) is 68.4 Å². The number of pyridine rings is 1. The number of hydrogen-bond donors (Lipinski definition) is 2. The molecule has 7 rings (SSSR count). The number of anilines is 3. The van der Waals surface area contributed by atoms with Crippen molar-refractivity contribution < 1.29 is 9.84 Å². The van der Waals surface area contributed by atoms with Gasteiger partial charge in [-0.2, -0.15) is 0 Å². The molecule has 2 atom stereocenters. The van der Waals surface area contributed by atoms with Crippen molar-refractivity contribution in [2.24, 2.45) is 0 Å². The molecule has 0 radical (unpaired) electrons. The van der Waals surface area contributed by atoms with E-state index in [4.69, 9.17) is 10.5 Å². The molecule has 1 aromatic carbocycles. The summed E-state index contributed by atoms with van der Waals surface area (Å²) in [5.74, 6) is 7.29. The van der Waals surface area contributed by atoms with Crippen LogP contribution in [0.2, 0.25) is 0 Å². The third-order valence-electron chi connectivity index (χ3n) is 8.96. The molecule has 3 aromatic rings. The van der Waals surface area contributed by atoms with E-state index >= 15 is 0 Å². The fourth-order valence-corrected chi connectivity index (χ4v) is 6.81. The van der Waals surface area contributed by atoms with Crippen LogP contribution in [-0.2, 0) is 4.74 Å². The minimum atomic E-state index is 0.0986. The molecule has 9 heteroatoms. The van der Waals surface area contributed by atoms with Crippen LogP contribution in [0.25, 0.3) is 11.3 Å². The van der Waals surface area contributed by atoms with Gasteiger partial charge in [0.05, 0.1) is 30.1 Å². The van der Waals surface area contributed by atoms with Crippen molar-refractivity contribution in [1.29, 1.82) is 0 Å². The largest absolute Gasteiger partial charge is 0.507 e. The quantitative estimate of drug-likeness (QED) is 0.485. The molecule has 3 saturated heterocycles. The van der Waals surface area contributed by atoms with E-state index in [2.05, 4.69) is 53.9 Å². The Morgan fingerprint density at radius 3 is 2.67 bits per heavy atom. The maximum absolute atomic E-state index is 10.3. The summed E-state index contributed by atoms with van der Waals surface area (Å²) in [6, 6.07) is 14.1. The molecule has 1 saturated carbocycles. The number of nitrogen functional groups attached to an aromatic ring is 1. The fraction of sp³-hybridized carbons (Fsp3) is 0.452. The van der Waals surface area contributed by atoms with Gasteiger partial charge in [0.15, 0.2) is 5.82 Å². The molecule has 206 valence electrons. The van der Waals surface area contributed by atoms with Crippen molar-refractivity contribution in [3.63, 3.8) is 0 Å². The van der Waals surface area contributed by atoms with Gasteiger partial charge in [-0.25, -0.2) is 4.98 Å². The van der Waals surface area contributed by atoms with Crippen LogP contribution in [0.4, 0.5) is 17.2 Å². The van der Waals surface area contributed by atoms with Gasteiger partial charge in [0, 0.05) is 55.7 Å². The van der Waals surface area contributed by atoms with E-state index in [-0.39, 0.29) is 11.4 Å². The van der Waals surface area contributed by atoms with Gasteiger partial charge in [0.25, 0.3) is 0 Å². The molecule has 2 unspecified atom stereocenters. The summed E-state index contributed by atoms with van der Waals surface area (Å²) in [4.78, 5) is 11.8. The standard InChI is InChI=1S/C31H35N7O2/c32-30-28(18-27(34-35-30)26-6-1-2-7-29(26)39)37-19-24-8-9-25(20-37)38(24)23-10-13-33-22(17-23)5-3-14-36-15-16-40-31(21-36)11-4-12-31/h1-2,6-7,10,13,17-18,24-25,39H,4,8-9,11-12,14-16,19-21H2,(H2,32,35). The summed E-state index contributed by atoms with van der Waals surface area (Å²) in [5.41, 5.74) is 10.6. The van der Waals surface area contributed by atoms with Crippen LogP contribution >= 0.6 is 0 Å². The number of piperazine rings is 1. The normalized spacial score (nSPS) is 23.5. The lowest BCUT2D eigenvalue weighted by atomic mass is 9.79. The highest BCUT2D eigenvalue weighted by Gasteiger charge is 2.42. The Bertz CT molecular complexity index is 1450. The third-order valence-corrected chi connectivity index (χ3v) is 8.96. The zero-order valence-corrected chi connectivity index (χ0v) is 22.7. The van der Waals surface area contributed by atoms with Gasteiger partial charge in [-0.1, -0.05) is 18.1 Å². The van der Waals surface area contributed by atoms with Crippen LogP contribution in [-0.4, -0.2) is 82.2 Å². The molecule has 1 aliphatic carbocycles. The van der Waals surface area contributed by atoms with Crippen LogP contribution in [0.15, 0.2) is 48.7 Å². The smallest absolute Gasteiger partial charge is 0.169 e. The number of aromatic nitrogens is 3. The summed E-state index contributed by atoms with van der Waals surface area (Å²) in [5, 5.41) is 18.8. The highest BCUT2D eigenvalue weighted by molar-refractivity contribution is 5.74. The van der Waals surface area contributed by atoms with E-state index in [0.29, 0.717) is 29.2 Å². The van der Waals surface area contributed by atoms with Crippen molar-refractivity contribution in [2.45, 2.75) is 49.8 Å². The molecule has 3 N–H and O–H groups in total. The second-order valence-electron chi connectivity index (χ2n) is 11.5. The lowest BCUT2D eigenvalue weighted by molar-refractivity contribution is -0.148. The first-order valence-corrected chi connectivity index (χ1v) is 14.3. The van der Waals surface area contributed by atoms with Crippen LogP contribution in [0, 0.1) is 11.8 Å². The Hall–Kier alpha value is -3.87. The van der Waals surface area contributed by atoms with Gasteiger partial charge in [0.1, 0.15) is 11.4 Å². The highest BCUT2D eigenvalue weighted by atomic mass is 16.5. The summed E-state index contributed by atoms with van der Waals surface area (Å²) in [7, 11) is 0. The molecule has 3 aliphatic heterocycles. The summed E-state index contributed by atoms with van der Waals surface area (Å²) in [6.07, 6.45) is 7.75. The van der Waals surface area contributed by atoms with E-state index in [0.717, 1.165) is 63.6 Å². The Morgan fingerprint density at radius 1 is 1.07 bits per heavy atom. The zero-order valence-electron chi connectivity index (χ0n) is 22.7. The molecular formula is C31H35N7O2. The molecule has 5 heterocycles. The second kappa shape index (κ2) is 10.3. The molecular weight excluding hydrogens is 502 g/mol. The van der Waals surface area contributed by atoms with E-state index in [1.807, 2.05) is 24.4 Å². The van der Waals surface area contributed by atoms with Crippen molar-refractivity contribution in [3.8, 4) is 28.8 Å². The molecule has 4 aliphatic rings. The number of hydrogen-bond acceptors (Lipinski definition) is 9. The SMILES string of the molecule is Nc1nnc(-c2ccccc2O)cc1N1CC2CCC(C1)N2c1ccnc(C#CCN2CCOC3(CCC3)C2)c1. The van der Waals surface area contributed by atoms with E-state index < -0.39 is 0 Å². The zero-order chi connectivity index (χ0) is 27.1. The number of rotatable bonds is 4. The molecule has 4 fully saturated rings. The van der Waals surface area contributed by atoms with Gasteiger partial charge >= 0.3 is 0 Å². The fourth-order valence-electron chi connectivity index (χ4n) is 6.81. The number of ether oxygens (including phenoxy) is 1. The van der Waals surface area contributed by atoms with E-state index in [1.165, 1.54) is 24.9 Å². The average molecular weight is 538 g/mol. The Labute approximate surface area is 235 Å². The first-order chi connectivity index (χ1) is 19.6. The topological polar surface area (TPSA) is 104 Å². The Morgan fingerprint density at radius 2 is 1.90 bits per heavy atom. The molecule has 2 bridgehead atoms. The minimum absolute atomic E-state index is 0.0986. The predicted octanol–water partition coefficient (Wildman–Crippen LogP) is 3.29. The van der Waals surface area contributed by atoms with Crippen LogP contribution in [0.5, 0.6) is 5.75 Å². The number of phenols is 1. The van der Waals surface area contributed by atoms with Crippen LogP contribution in [0.1, 0.15) is 37.8 Å². The average Bonchev–Trinajstić information content (AvgIpc) is 3.22. The molecule has 9 nitrogen and oxygen atoms in total. The highest BCUT2D eigenvalue weighted by Crippen LogP contribution is 2.39. The lowest BCUT2D eigenvalue weighted by Gasteiger charge is -2.48. The number of nitrogens with zero attached hydrogens (tertiary/aromatic N) is 6. The second-order valence-corrected chi connectivity index (χ2v) is 11.5. The monoisotopic (exact) mass is 537 g/mol. The van der Waals surface area contributed by atoms with Gasteiger partial charge in [0.2, 0.25) is 0 Å².